The van der Waals surface area contributed by atoms with Gasteiger partial charge in [0.15, 0.2) is 6.61 Å². The zero-order valence-electron chi connectivity index (χ0n) is 17.7. The van der Waals surface area contributed by atoms with Crippen LogP contribution < -0.4 is 10.1 Å². The van der Waals surface area contributed by atoms with Crippen LogP contribution in [0.1, 0.15) is 44.6 Å². The molecule has 3 rings (SSSR count). The number of ether oxygens (including phenoxy) is 1. The maximum absolute atomic E-state index is 13.3. The van der Waals surface area contributed by atoms with Crippen molar-refractivity contribution in [3.8, 4) is 5.75 Å². The average Bonchev–Trinajstić information content (AvgIpc) is 2.77. The first-order chi connectivity index (χ1) is 14.9. The van der Waals surface area contributed by atoms with Crippen molar-refractivity contribution in [2.24, 2.45) is 0 Å². The van der Waals surface area contributed by atoms with E-state index in [9.17, 15) is 14.0 Å². The second kappa shape index (κ2) is 11.1. The summed E-state index contributed by atoms with van der Waals surface area (Å²) in [6, 6.07) is 12.1. The lowest BCUT2D eigenvalue weighted by Crippen LogP contribution is -2.51. The Morgan fingerprint density at radius 2 is 1.87 bits per heavy atom. The summed E-state index contributed by atoms with van der Waals surface area (Å²) in [5.41, 5.74) is 0.731. The largest absolute Gasteiger partial charge is 0.484 e. The minimum Gasteiger partial charge on any atom is -0.484 e. The van der Waals surface area contributed by atoms with Crippen molar-refractivity contribution < 1.29 is 18.7 Å². The van der Waals surface area contributed by atoms with E-state index in [2.05, 4.69) is 5.32 Å². The summed E-state index contributed by atoms with van der Waals surface area (Å²) in [7, 11) is 0. The first-order valence-electron chi connectivity index (χ1n) is 10.6. The Morgan fingerprint density at radius 3 is 2.55 bits per heavy atom. The van der Waals surface area contributed by atoms with Crippen molar-refractivity contribution in [2.75, 3.05) is 6.61 Å². The van der Waals surface area contributed by atoms with Crippen LogP contribution in [0, 0.1) is 5.82 Å². The van der Waals surface area contributed by atoms with E-state index in [0.29, 0.717) is 10.8 Å². The summed E-state index contributed by atoms with van der Waals surface area (Å²) in [6.45, 7) is 1.65. The molecule has 0 radical (unpaired) electrons. The number of amides is 2. The Bertz CT molecular complexity index is 885. The van der Waals surface area contributed by atoms with E-state index < -0.39 is 6.04 Å². The lowest BCUT2D eigenvalue weighted by Gasteiger charge is -2.31. The van der Waals surface area contributed by atoms with Crippen LogP contribution in [0.4, 0.5) is 4.39 Å². The molecular formula is C24H28ClFN2O3. The van der Waals surface area contributed by atoms with Crippen molar-refractivity contribution in [3.05, 3.63) is 64.9 Å². The molecule has 0 saturated heterocycles. The fourth-order valence-corrected chi connectivity index (χ4v) is 3.90. The summed E-state index contributed by atoms with van der Waals surface area (Å²) in [6.07, 6.45) is 5.32. The van der Waals surface area contributed by atoms with E-state index in [-0.39, 0.29) is 36.8 Å². The molecular weight excluding hydrogens is 419 g/mol. The maximum atomic E-state index is 13.3. The molecule has 31 heavy (non-hydrogen) atoms. The molecule has 1 N–H and O–H groups in total. The molecule has 0 bridgehead atoms. The molecule has 0 spiro atoms. The molecule has 1 atom stereocenters. The molecule has 2 aromatic carbocycles. The normalized spacial score (nSPS) is 15.2. The molecule has 0 aliphatic heterocycles. The highest BCUT2D eigenvalue weighted by atomic mass is 35.5. The second-order valence-corrected chi connectivity index (χ2v) is 8.35. The third kappa shape index (κ3) is 6.96. The molecule has 0 unspecified atom stereocenters. The van der Waals surface area contributed by atoms with E-state index in [1.807, 2.05) is 0 Å². The van der Waals surface area contributed by atoms with Crippen molar-refractivity contribution in [1.29, 1.82) is 0 Å². The molecule has 1 fully saturated rings. The van der Waals surface area contributed by atoms with Gasteiger partial charge in [0, 0.05) is 17.6 Å². The lowest BCUT2D eigenvalue weighted by molar-refractivity contribution is -0.142. The maximum Gasteiger partial charge on any atom is 0.261 e. The zero-order chi connectivity index (χ0) is 22.2. The fraction of sp³-hybridized carbons (Fsp3) is 0.417. The molecule has 0 heterocycles. The number of halogens is 2. The molecule has 1 aliphatic rings. The van der Waals surface area contributed by atoms with Crippen LogP contribution in [0.3, 0.4) is 0 Å². The number of nitrogens with one attached hydrogen (secondary N) is 1. The van der Waals surface area contributed by atoms with Crippen molar-refractivity contribution >= 4 is 23.4 Å². The monoisotopic (exact) mass is 446 g/mol. The van der Waals surface area contributed by atoms with Crippen LogP contribution in [0.15, 0.2) is 48.5 Å². The average molecular weight is 447 g/mol. The fourth-order valence-electron chi connectivity index (χ4n) is 3.72. The third-order valence-electron chi connectivity index (χ3n) is 5.54. The molecule has 2 amide bonds. The Balaban J connectivity index is 1.70. The molecule has 2 aromatic rings. The Morgan fingerprint density at radius 1 is 1.16 bits per heavy atom. The molecule has 5 nitrogen and oxygen atoms in total. The quantitative estimate of drug-likeness (QED) is 0.638. The van der Waals surface area contributed by atoms with E-state index in [4.69, 9.17) is 16.3 Å². The summed E-state index contributed by atoms with van der Waals surface area (Å²) < 4.78 is 18.9. The molecule has 166 valence electrons. The standard InChI is InChI=1S/C24H28ClFN2O3/c1-17(24(30)27-21-7-3-2-4-8-21)28(15-18-10-12-20(26)13-11-18)23(29)16-31-22-9-5-6-19(25)14-22/h5-6,9-14,17,21H,2-4,7-8,15-16H2,1H3,(H,27,30)/t17-/m1/s1. The Hall–Kier alpha value is -2.60. The minimum atomic E-state index is -0.692. The molecule has 7 heteroatoms. The summed E-state index contributed by atoms with van der Waals surface area (Å²) in [5, 5.41) is 3.59. The van der Waals surface area contributed by atoms with Crippen LogP contribution in [0.5, 0.6) is 5.75 Å². The molecule has 1 saturated carbocycles. The topological polar surface area (TPSA) is 58.6 Å². The highest BCUT2D eigenvalue weighted by molar-refractivity contribution is 6.30. The predicted octanol–water partition coefficient (Wildman–Crippen LogP) is 4.72. The minimum absolute atomic E-state index is 0.147. The van der Waals surface area contributed by atoms with Gasteiger partial charge in [0.2, 0.25) is 5.91 Å². The Labute approximate surface area is 187 Å². The van der Waals surface area contributed by atoms with Gasteiger partial charge in [0.25, 0.3) is 5.91 Å². The first kappa shape index (κ1) is 23.1. The van der Waals surface area contributed by atoms with Crippen LogP contribution in [-0.4, -0.2) is 35.4 Å². The Kier molecular flexibility index (Phi) is 8.29. The lowest BCUT2D eigenvalue weighted by atomic mass is 9.95. The van der Waals surface area contributed by atoms with Crippen molar-refractivity contribution in [3.63, 3.8) is 0 Å². The van der Waals surface area contributed by atoms with Crippen LogP contribution >= 0.6 is 11.6 Å². The van der Waals surface area contributed by atoms with Gasteiger partial charge in [0.1, 0.15) is 17.6 Å². The highest BCUT2D eigenvalue weighted by Gasteiger charge is 2.28. The second-order valence-electron chi connectivity index (χ2n) is 7.91. The van der Waals surface area contributed by atoms with Crippen molar-refractivity contribution in [2.45, 2.75) is 57.7 Å². The SMILES string of the molecule is C[C@H](C(=O)NC1CCCCC1)N(Cc1ccc(F)cc1)C(=O)COc1cccc(Cl)c1. The van der Waals surface area contributed by atoms with Gasteiger partial charge >= 0.3 is 0 Å². The summed E-state index contributed by atoms with van der Waals surface area (Å²) in [4.78, 5) is 27.4. The smallest absolute Gasteiger partial charge is 0.261 e. The van der Waals surface area contributed by atoms with Gasteiger partial charge in [-0.1, -0.05) is 49.1 Å². The van der Waals surface area contributed by atoms with Crippen LogP contribution in [0.25, 0.3) is 0 Å². The van der Waals surface area contributed by atoms with E-state index >= 15 is 0 Å². The van der Waals surface area contributed by atoms with Gasteiger partial charge in [-0.3, -0.25) is 9.59 Å². The number of benzene rings is 2. The number of rotatable bonds is 8. The number of hydrogen-bond donors (Lipinski definition) is 1. The van der Waals surface area contributed by atoms with Crippen LogP contribution in [-0.2, 0) is 16.1 Å². The van der Waals surface area contributed by atoms with Crippen molar-refractivity contribution in [1.82, 2.24) is 10.2 Å². The van der Waals surface area contributed by atoms with Gasteiger partial charge < -0.3 is 15.0 Å². The third-order valence-corrected chi connectivity index (χ3v) is 5.78. The van der Waals surface area contributed by atoms with Gasteiger partial charge in [-0.2, -0.15) is 0 Å². The van der Waals surface area contributed by atoms with E-state index in [1.54, 1.807) is 43.3 Å². The first-order valence-corrected chi connectivity index (χ1v) is 11.0. The van der Waals surface area contributed by atoms with Gasteiger partial charge in [-0.25, -0.2) is 4.39 Å². The van der Waals surface area contributed by atoms with E-state index in [1.165, 1.54) is 23.5 Å². The number of nitrogens with zero attached hydrogens (tertiary/aromatic N) is 1. The highest BCUT2D eigenvalue weighted by Crippen LogP contribution is 2.19. The van der Waals surface area contributed by atoms with E-state index in [0.717, 1.165) is 31.2 Å². The van der Waals surface area contributed by atoms with Crippen LogP contribution in [0.2, 0.25) is 5.02 Å². The summed E-state index contributed by atoms with van der Waals surface area (Å²) >= 11 is 5.97. The summed E-state index contributed by atoms with van der Waals surface area (Å²) in [5.74, 6) is -0.406. The number of hydrogen-bond acceptors (Lipinski definition) is 3. The van der Waals surface area contributed by atoms with Gasteiger partial charge in [-0.05, 0) is 55.7 Å². The van der Waals surface area contributed by atoms with Gasteiger partial charge in [0.05, 0.1) is 0 Å². The zero-order valence-corrected chi connectivity index (χ0v) is 18.4. The number of carbonyl (C=O) groups is 2. The number of carbonyl (C=O) groups excluding carboxylic acids is 2. The van der Waals surface area contributed by atoms with Gasteiger partial charge in [-0.15, -0.1) is 0 Å². The molecule has 0 aromatic heterocycles. The predicted molar refractivity (Wildman–Crippen MR) is 118 cm³/mol. The molecule has 1 aliphatic carbocycles.